The number of benzene rings is 2. The molecule has 21 heavy (non-hydrogen) atoms. The van der Waals surface area contributed by atoms with Crippen LogP contribution >= 0.6 is 23.2 Å². The summed E-state index contributed by atoms with van der Waals surface area (Å²) in [5.74, 6) is 0. The van der Waals surface area contributed by atoms with E-state index in [1.165, 1.54) is 0 Å². The summed E-state index contributed by atoms with van der Waals surface area (Å²) < 4.78 is 0. The van der Waals surface area contributed by atoms with E-state index in [4.69, 9.17) is 23.2 Å². The number of hydrogen-bond donors (Lipinski definition) is 0. The van der Waals surface area contributed by atoms with Gasteiger partial charge in [-0.05, 0) is 64.9 Å². The normalized spacial score (nSPS) is 10.4. The third-order valence-corrected chi connectivity index (χ3v) is 3.92. The quantitative estimate of drug-likeness (QED) is 0.536. The molecule has 3 heteroatoms. The smallest absolute Gasteiger partial charge is 0.226 e. The molecule has 0 bridgehead atoms. The number of allylic oxidation sites excluding steroid dienone is 1. The highest BCUT2D eigenvalue weighted by Crippen LogP contribution is 2.27. The maximum Gasteiger partial charge on any atom is 0.226 e. The third-order valence-electron chi connectivity index (χ3n) is 3.42. The van der Waals surface area contributed by atoms with Gasteiger partial charge in [-0.25, -0.2) is 0 Å². The Morgan fingerprint density at radius 1 is 1.14 bits per heavy atom. The fourth-order valence-corrected chi connectivity index (χ4v) is 2.60. The molecule has 0 aromatic heterocycles. The summed E-state index contributed by atoms with van der Waals surface area (Å²) >= 11 is 11.7. The van der Waals surface area contributed by atoms with Crippen LogP contribution in [0.3, 0.4) is 0 Å². The van der Waals surface area contributed by atoms with Crippen molar-refractivity contribution < 1.29 is 4.79 Å². The monoisotopic (exact) mass is 318 g/mol. The Kier molecular flexibility index (Phi) is 5.22. The average Bonchev–Trinajstić information content (AvgIpc) is 2.43. The van der Waals surface area contributed by atoms with Gasteiger partial charge < -0.3 is 0 Å². The molecule has 0 heterocycles. The fourth-order valence-electron chi connectivity index (χ4n) is 2.26. The average molecular weight is 319 g/mol. The van der Waals surface area contributed by atoms with Gasteiger partial charge in [0.25, 0.3) is 0 Å². The van der Waals surface area contributed by atoms with Gasteiger partial charge in [-0.3, -0.25) is 4.79 Å². The second-order valence-electron chi connectivity index (χ2n) is 4.97. The molecule has 0 spiro atoms. The van der Waals surface area contributed by atoms with Gasteiger partial charge in [0.15, 0.2) is 0 Å². The number of carbonyl (C=O) groups excluding carboxylic acids is 1. The zero-order valence-corrected chi connectivity index (χ0v) is 13.3. The summed E-state index contributed by atoms with van der Waals surface area (Å²) in [7, 11) is 0. The standard InChI is InChI=1S/C18H16Cl2O/c1-3-4-15-9-14(7-8-17(15)19)13-6-5-12(2)16(10-13)11-18(20)21/h3,5-10H,1,4,11H2,2H3. The van der Waals surface area contributed by atoms with Crippen molar-refractivity contribution in [2.45, 2.75) is 19.8 Å². The Morgan fingerprint density at radius 3 is 2.38 bits per heavy atom. The second kappa shape index (κ2) is 6.93. The van der Waals surface area contributed by atoms with Gasteiger partial charge in [0.05, 0.1) is 0 Å². The molecule has 2 rings (SSSR count). The maximum atomic E-state index is 11.1. The predicted molar refractivity (Wildman–Crippen MR) is 90.1 cm³/mol. The molecular weight excluding hydrogens is 303 g/mol. The first kappa shape index (κ1) is 15.8. The van der Waals surface area contributed by atoms with Crippen molar-refractivity contribution in [1.29, 1.82) is 0 Å². The van der Waals surface area contributed by atoms with Gasteiger partial charge in [-0.15, -0.1) is 6.58 Å². The molecule has 1 nitrogen and oxygen atoms in total. The maximum absolute atomic E-state index is 11.1. The van der Waals surface area contributed by atoms with E-state index in [0.29, 0.717) is 0 Å². The van der Waals surface area contributed by atoms with Crippen molar-refractivity contribution in [3.63, 3.8) is 0 Å². The van der Waals surface area contributed by atoms with Crippen molar-refractivity contribution in [2.75, 3.05) is 0 Å². The Balaban J connectivity index is 2.44. The van der Waals surface area contributed by atoms with Crippen molar-refractivity contribution >= 4 is 28.4 Å². The number of rotatable bonds is 5. The van der Waals surface area contributed by atoms with Crippen LogP contribution in [0.2, 0.25) is 5.02 Å². The molecule has 0 unspecified atom stereocenters. The summed E-state index contributed by atoms with van der Waals surface area (Å²) in [5, 5.41) is 0.389. The Labute approximate surface area is 135 Å². The van der Waals surface area contributed by atoms with Gasteiger partial charge in [0.1, 0.15) is 0 Å². The minimum atomic E-state index is -0.348. The molecule has 0 fully saturated rings. The van der Waals surface area contributed by atoms with Gasteiger partial charge in [0.2, 0.25) is 5.24 Å². The van der Waals surface area contributed by atoms with Crippen LogP contribution in [-0.2, 0) is 17.6 Å². The molecule has 0 amide bonds. The zero-order valence-electron chi connectivity index (χ0n) is 11.8. The molecule has 0 saturated heterocycles. The molecule has 0 aliphatic rings. The molecular formula is C18H16Cl2O. The lowest BCUT2D eigenvalue weighted by Gasteiger charge is -2.10. The highest BCUT2D eigenvalue weighted by Gasteiger charge is 2.08. The molecule has 0 atom stereocenters. The zero-order chi connectivity index (χ0) is 15.4. The minimum absolute atomic E-state index is 0.244. The molecule has 0 radical (unpaired) electrons. The summed E-state index contributed by atoms with van der Waals surface area (Å²) in [6.45, 7) is 5.72. The van der Waals surface area contributed by atoms with Crippen LogP contribution < -0.4 is 0 Å². The number of hydrogen-bond acceptors (Lipinski definition) is 1. The topological polar surface area (TPSA) is 17.1 Å². The first-order valence-electron chi connectivity index (χ1n) is 6.69. The molecule has 2 aromatic carbocycles. The second-order valence-corrected chi connectivity index (χ2v) is 5.80. The van der Waals surface area contributed by atoms with Gasteiger partial charge in [-0.1, -0.05) is 41.9 Å². The lowest BCUT2D eigenvalue weighted by atomic mass is 9.96. The number of carbonyl (C=O) groups is 1. The molecule has 0 aliphatic carbocycles. The molecule has 0 saturated carbocycles. The van der Waals surface area contributed by atoms with E-state index >= 15 is 0 Å². The molecule has 2 aromatic rings. The number of halogens is 2. The highest BCUT2D eigenvalue weighted by atomic mass is 35.5. The largest absolute Gasteiger partial charge is 0.281 e. The van der Waals surface area contributed by atoms with Crippen LogP contribution in [0.25, 0.3) is 11.1 Å². The van der Waals surface area contributed by atoms with Crippen LogP contribution in [0, 0.1) is 6.92 Å². The third kappa shape index (κ3) is 3.96. The Morgan fingerprint density at radius 2 is 1.76 bits per heavy atom. The van der Waals surface area contributed by atoms with E-state index in [-0.39, 0.29) is 11.7 Å². The number of aryl methyl sites for hydroxylation is 1. The van der Waals surface area contributed by atoms with E-state index in [9.17, 15) is 4.79 Å². The predicted octanol–water partition coefficient (Wildman–Crippen LogP) is 5.35. The van der Waals surface area contributed by atoms with Crippen LogP contribution in [-0.4, -0.2) is 5.24 Å². The van der Waals surface area contributed by atoms with Crippen LogP contribution in [0.4, 0.5) is 0 Å². The Bertz CT molecular complexity index is 690. The Hall–Kier alpha value is -1.57. The van der Waals surface area contributed by atoms with Crippen LogP contribution in [0.1, 0.15) is 16.7 Å². The summed E-state index contributed by atoms with van der Waals surface area (Å²) in [6, 6.07) is 12.0. The first-order chi connectivity index (χ1) is 10.0. The lowest BCUT2D eigenvalue weighted by molar-refractivity contribution is -0.111. The van der Waals surface area contributed by atoms with Gasteiger partial charge in [0, 0.05) is 11.4 Å². The van der Waals surface area contributed by atoms with E-state index < -0.39 is 0 Å². The van der Waals surface area contributed by atoms with E-state index in [1.54, 1.807) is 0 Å². The molecule has 0 N–H and O–H groups in total. The van der Waals surface area contributed by atoms with E-state index in [1.807, 2.05) is 43.3 Å². The minimum Gasteiger partial charge on any atom is -0.281 e. The van der Waals surface area contributed by atoms with Crippen molar-refractivity contribution in [3.8, 4) is 11.1 Å². The van der Waals surface area contributed by atoms with Gasteiger partial charge >= 0.3 is 0 Å². The van der Waals surface area contributed by atoms with Crippen molar-refractivity contribution in [2.24, 2.45) is 0 Å². The van der Waals surface area contributed by atoms with Crippen LogP contribution in [0.5, 0.6) is 0 Å². The summed E-state index contributed by atoms with van der Waals surface area (Å²) in [4.78, 5) is 11.1. The van der Waals surface area contributed by atoms with Crippen molar-refractivity contribution in [1.82, 2.24) is 0 Å². The SMILES string of the molecule is C=CCc1cc(-c2ccc(C)c(CC(=O)Cl)c2)ccc1Cl. The highest BCUT2D eigenvalue weighted by molar-refractivity contribution is 6.63. The van der Waals surface area contributed by atoms with Crippen molar-refractivity contribution in [3.05, 3.63) is 70.8 Å². The first-order valence-corrected chi connectivity index (χ1v) is 7.44. The van der Waals surface area contributed by atoms with E-state index in [2.05, 4.69) is 12.6 Å². The van der Waals surface area contributed by atoms with Crippen LogP contribution in [0.15, 0.2) is 49.1 Å². The molecule has 0 aliphatic heterocycles. The lowest BCUT2D eigenvalue weighted by Crippen LogP contribution is -1.97. The summed E-state index contributed by atoms with van der Waals surface area (Å²) in [5.41, 5.74) is 5.18. The van der Waals surface area contributed by atoms with E-state index in [0.717, 1.165) is 39.3 Å². The fraction of sp³-hybridized carbons (Fsp3) is 0.167. The summed E-state index contributed by atoms with van der Waals surface area (Å²) in [6.07, 6.45) is 2.80. The van der Waals surface area contributed by atoms with Gasteiger partial charge in [-0.2, -0.15) is 0 Å². The molecule has 108 valence electrons.